The molecular formula is C22H24N4O2. The van der Waals surface area contributed by atoms with Crippen LogP contribution in [0.5, 0.6) is 0 Å². The first kappa shape index (κ1) is 18.3. The molecule has 4 rings (SSSR count). The number of benzene rings is 2. The number of hydrogen-bond donors (Lipinski definition) is 1. The van der Waals surface area contributed by atoms with Crippen LogP contribution in [0.3, 0.4) is 0 Å². The molecule has 0 unspecified atom stereocenters. The smallest absolute Gasteiger partial charge is 0.253 e. The highest BCUT2D eigenvalue weighted by molar-refractivity contribution is 6.07. The highest BCUT2D eigenvalue weighted by atomic mass is 16.5. The number of rotatable bonds is 7. The third kappa shape index (κ3) is 3.39. The van der Waals surface area contributed by atoms with Gasteiger partial charge in [-0.15, -0.1) is 0 Å². The van der Waals surface area contributed by atoms with Crippen LogP contribution in [0.1, 0.15) is 16.2 Å². The van der Waals surface area contributed by atoms with Gasteiger partial charge in [0.2, 0.25) is 0 Å². The fourth-order valence-electron chi connectivity index (χ4n) is 3.60. The van der Waals surface area contributed by atoms with Gasteiger partial charge in [0.05, 0.1) is 23.2 Å². The molecule has 6 heteroatoms. The number of nitrogens with one attached hydrogen (secondary N) is 1. The summed E-state index contributed by atoms with van der Waals surface area (Å²) in [6.45, 7) is 1.85. The number of aromatic nitrogens is 3. The second-order valence-corrected chi connectivity index (χ2v) is 6.83. The number of carbonyl (C=O) groups excluding carboxylic acids is 1. The Hall–Kier alpha value is -3.12. The molecule has 1 amide bonds. The van der Waals surface area contributed by atoms with Crippen molar-refractivity contribution < 1.29 is 9.53 Å². The van der Waals surface area contributed by atoms with Gasteiger partial charge in [0.1, 0.15) is 5.82 Å². The number of hydrogen-bond acceptors (Lipinski definition) is 3. The maximum atomic E-state index is 12.8. The van der Waals surface area contributed by atoms with Crippen LogP contribution in [0.2, 0.25) is 0 Å². The lowest BCUT2D eigenvalue weighted by molar-refractivity contribution is 0.0955. The molecule has 2 aromatic carbocycles. The van der Waals surface area contributed by atoms with E-state index >= 15 is 0 Å². The summed E-state index contributed by atoms with van der Waals surface area (Å²) in [6, 6.07) is 16.0. The molecule has 6 nitrogen and oxygen atoms in total. The molecule has 0 spiro atoms. The first-order chi connectivity index (χ1) is 13.7. The Labute approximate surface area is 163 Å². The Morgan fingerprint density at radius 1 is 1.11 bits per heavy atom. The minimum atomic E-state index is -0.0638. The Balaban J connectivity index is 1.48. The number of para-hydroxylation sites is 3. The van der Waals surface area contributed by atoms with Gasteiger partial charge in [0, 0.05) is 50.8 Å². The molecule has 0 saturated heterocycles. The van der Waals surface area contributed by atoms with Gasteiger partial charge in [-0.2, -0.15) is 0 Å². The summed E-state index contributed by atoms with van der Waals surface area (Å²) >= 11 is 0. The Morgan fingerprint density at radius 3 is 2.64 bits per heavy atom. The zero-order valence-electron chi connectivity index (χ0n) is 16.2. The Morgan fingerprint density at radius 2 is 1.86 bits per heavy atom. The van der Waals surface area contributed by atoms with E-state index in [1.165, 1.54) is 0 Å². The van der Waals surface area contributed by atoms with Crippen molar-refractivity contribution in [1.29, 1.82) is 0 Å². The molecule has 144 valence electrons. The summed E-state index contributed by atoms with van der Waals surface area (Å²) < 4.78 is 9.33. The fraction of sp³-hybridized carbons (Fsp3) is 0.273. The molecule has 0 aliphatic heterocycles. The predicted molar refractivity (Wildman–Crippen MR) is 111 cm³/mol. The summed E-state index contributed by atoms with van der Waals surface area (Å²) in [5.74, 6) is 0.898. The normalized spacial score (nSPS) is 11.4. The number of aryl methyl sites for hydroxylation is 1. The molecular weight excluding hydrogens is 352 g/mol. The molecule has 2 heterocycles. The van der Waals surface area contributed by atoms with Gasteiger partial charge >= 0.3 is 0 Å². The zero-order valence-corrected chi connectivity index (χ0v) is 16.2. The molecule has 0 saturated carbocycles. The summed E-state index contributed by atoms with van der Waals surface area (Å²) in [7, 11) is 3.69. The van der Waals surface area contributed by atoms with E-state index in [9.17, 15) is 4.79 Å². The van der Waals surface area contributed by atoms with Crippen LogP contribution in [0.4, 0.5) is 0 Å². The van der Waals surface area contributed by atoms with E-state index in [2.05, 4.69) is 25.5 Å². The number of carbonyl (C=O) groups is 1. The van der Waals surface area contributed by atoms with E-state index in [1.54, 1.807) is 7.11 Å². The SMILES string of the molecule is COCCn1cc(C(=O)NCCc2nc3ccccc3n2C)c2ccccc21. The number of amides is 1. The molecule has 0 radical (unpaired) electrons. The zero-order chi connectivity index (χ0) is 19.5. The van der Waals surface area contributed by atoms with Crippen molar-refractivity contribution in [2.45, 2.75) is 13.0 Å². The maximum Gasteiger partial charge on any atom is 0.253 e. The van der Waals surface area contributed by atoms with E-state index in [0.717, 1.165) is 27.8 Å². The van der Waals surface area contributed by atoms with Crippen molar-refractivity contribution in [2.75, 3.05) is 20.3 Å². The van der Waals surface area contributed by atoms with Gasteiger partial charge in [0.15, 0.2) is 0 Å². The van der Waals surface area contributed by atoms with E-state index in [-0.39, 0.29) is 5.91 Å². The number of ether oxygens (including phenoxy) is 1. The third-order valence-corrected chi connectivity index (χ3v) is 5.08. The summed E-state index contributed by atoms with van der Waals surface area (Å²) in [5, 5.41) is 4.00. The van der Waals surface area contributed by atoms with Crippen molar-refractivity contribution in [1.82, 2.24) is 19.4 Å². The van der Waals surface area contributed by atoms with Crippen LogP contribution in [0.25, 0.3) is 21.9 Å². The van der Waals surface area contributed by atoms with E-state index in [0.29, 0.717) is 31.7 Å². The lowest BCUT2D eigenvalue weighted by Crippen LogP contribution is -2.26. The van der Waals surface area contributed by atoms with Gasteiger partial charge in [-0.1, -0.05) is 30.3 Å². The molecule has 28 heavy (non-hydrogen) atoms. The second-order valence-electron chi connectivity index (χ2n) is 6.83. The van der Waals surface area contributed by atoms with Gasteiger partial charge < -0.3 is 19.2 Å². The van der Waals surface area contributed by atoms with Crippen molar-refractivity contribution >= 4 is 27.8 Å². The monoisotopic (exact) mass is 376 g/mol. The average molecular weight is 376 g/mol. The average Bonchev–Trinajstić information content (AvgIpc) is 3.25. The van der Waals surface area contributed by atoms with Gasteiger partial charge in [-0.25, -0.2) is 4.98 Å². The highest BCUT2D eigenvalue weighted by Crippen LogP contribution is 2.21. The van der Waals surface area contributed by atoms with Crippen LogP contribution < -0.4 is 5.32 Å². The minimum absolute atomic E-state index is 0.0638. The van der Waals surface area contributed by atoms with Crippen molar-refractivity contribution in [3.05, 3.63) is 66.1 Å². The largest absolute Gasteiger partial charge is 0.383 e. The lowest BCUT2D eigenvalue weighted by atomic mass is 10.1. The fourth-order valence-corrected chi connectivity index (χ4v) is 3.60. The van der Waals surface area contributed by atoms with E-state index < -0.39 is 0 Å². The van der Waals surface area contributed by atoms with E-state index in [1.807, 2.05) is 55.7 Å². The Bertz CT molecular complexity index is 1130. The van der Waals surface area contributed by atoms with Crippen LogP contribution in [-0.4, -0.2) is 40.3 Å². The minimum Gasteiger partial charge on any atom is -0.383 e. The quantitative estimate of drug-likeness (QED) is 0.539. The first-order valence-electron chi connectivity index (χ1n) is 9.44. The number of imidazole rings is 1. The molecule has 2 aromatic heterocycles. The van der Waals surface area contributed by atoms with Crippen molar-refractivity contribution in [3.63, 3.8) is 0 Å². The van der Waals surface area contributed by atoms with Crippen molar-refractivity contribution in [2.24, 2.45) is 7.05 Å². The second kappa shape index (κ2) is 7.86. The van der Waals surface area contributed by atoms with Gasteiger partial charge in [0.25, 0.3) is 5.91 Å². The van der Waals surface area contributed by atoms with Gasteiger partial charge in [-0.05, 0) is 18.2 Å². The summed E-state index contributed by atoms with van der Waals surface area (Å²) in [4.78, 5) is 17.5. The summed E-state index contributed by atoms with van der Waals surface area (Å²) in [6.07, 6.45) is 2.59. The number of fused-ring (bicyclic) bond motifs is 2. The first-order valence-corrected chi connectivity index (χ1v) is 9.44. The number of methoxy groups -OCH3 is 1. The van der Waals surface area contributed by atoms with E-state index in [4.69, 9.17) is 4.74 Å². The predicted octanol–water partition coefficient (Wildman–Crippen LogP) is 3.15. The van der Waals surface area contributed by atoms with Gasteiger partial charge in [-0.3, -0.25) is 4.79 Å². The lowest BCUT2D eigenvalue weighted by Gasteiger charge is -2.05. The summed E-state index contributed by atoms with van der Waals surface area (Å²) in [5.41, 5.74) is 3.81. The van der Waals surface area contributed by atoms with Crippen LogP contribution in [0.15, 0.2) is 54.7 Å². The van der Waals surface area contributed by atoms with Crippen molar-refractivity contribution in [3.8, 4) is 0 Å². The van der Waals surface area contributed by atoms with Crippen LogP contribution >= 0.6 is 0 Å². The van der Waals surface area contributed by atoms with Crippen LogP contribution in [-0.2, 0) is 24.8 Å². The highest BCUT2D eigenvalue weighted by Gasteiger charge is 2.15. The molecule has 0 fully saturated rings. The third-order valence-electron chi connectivity index (χ3n) is 5.08. The molecule has 1 N–H and O–H groups in total. The Kier molecular flexibility index (Phi) is 5.12. The molecule has 0 aliphatic carbocycles. The molecule has 4 aromatic rings. The number of nitrogens with zero attached hydrogens (tertiary/aromatic N) is 3. The topological polar surface area (TPSA) is 61.1 Å². The molecule has 0 atom stereocenters. The van der Waals surface area contributed by atoms with Crippen LogP contribution in [0, 0.1) is 0 Å². The standard InChI is InChI=1S/C22H24N4O2/c1-25-20-10-6-4-8-18(20)24-21(25)11-12-23-22(27)17-15-26(13-14-28-2)19-9-5-3-7-16(17)19/h3-10,15H,11-14H2,1-2H3,(H,23,27). The molecule has 0 aliphatic rings. The maximum absolute atomic E-state index is 12.8. The molecule has 0 bridgehead atoms.